The molecule has 0 saturated carbocycles. The van der Waals surface area contributed by atoms with Crippen LogP contribution >= 0.6 is 0 Å². The van der Waals surface area contributed by atoms with Crippen molar-refractivity contribution in [3.63, 3.8) is 0 Å². The fraction of sp³-hybridized carbons (Fsp3) is 0.250. The summed E-state index contributed by atoms with van der Waals surface area (Å²) in [4.78, 5) is 0. The number of aliphatic hydroxyl groups excluding tert-OH is 1. The Morgan fingerprint density at radius 2 is 1.56 bits per heavy atom. The van der Waals surface area contributed by atoms with E-state index in [2.05, 4.69) is 24.3 Å². The Hall–Kier alpha value is -1.80. The fourth-order valence-electron chi connectivity index (χ4n) is 1.93. The van der Waals surface area contributed by atoms with Crippen LogP contribution in [-0.4, -0.2) is 12.2 Å². The van der Waals surface area contributed by atoms with Crippen molar-refractivity contribution >= 4 is 0 Å². The zero-order valence-electron chi connectivity index (χ0n) is 10.6. The molecule has 0 heterocycles. The fourth-order valence-corrected chi connectivity index (χ4v) is 1.93. The third-order valence-corrected chi connectivity index (χ3v) is 3.04. The minimum Gasteiger partial charge on any atom is -0.497 e. The largest absolute Gasteiger partial charge is 0.497 e. The molecule has 0 spiro atoms. The summed E-state index contributed by atoms with van der Waals surface area (Å²) in [5.41, 5.74) is 3.52. The van der Waals surface area contributed by atoms with Crippen molar-refractivity contribution in [1.82, 2.24) is 0 Å². The molecule has 0 aliphatic heterocycles. The topological polar surface area (TPSA) is 29.5 Å². The molecule has 18 heavy (non-hydrogen) atoms. The van der Waals surface area contributed by atoms with Crippen molar-refractivity contribution in [3.8, 4) is 5.75 Å². The molecule has 0 aliphatic carbocycles. The standard InChI is InChI=1S/C16H18O2/c1-18-16-4-2-3-14(11-16)8-5-13-6-9-15(12-17)10-7-13/h2-4,6-7,9-11,17H,5,8,12H2,1H3. The lowest BCUT2D eigenvalue weighted by atomic mass is 10.0. The summed E-state index contributed by atoms with van der Waals surface area (Å²) in [7, 11) is 1.69. The van der Waals surface area contributed by atoms with E-state index in [0.29, 0.717) is 0 Å². The second-order valence-electron chi connectivity index (χ2n) is 4.33. The number of hydrogen-bond acceptors (Lipinski definition) is 2. The predicted molar refractivity (Wildman–Crippen MR) is 72.8 cm³/mol. The molecular formula is C16H18O2. The van der Waals surface area contributed by atoms with E-state index in [1.54, 1.807) is 7.11 Å². The lowest BCUT2D eigenvalue weighted by molar-refractivity contribution is 0.282. The van der Waals surface area contributed by atoms with E-state index in [0.717, 1.165) is 24.2 Å². The Kier molecular flexibility index (Phi) is 4.37. The Bertz CT molecular complexity index is 489. The van der Waals surface area contributed by atoms with E-state index >= 15 is 0 Å². The molecule has 0 fully saturated rings. The first-order valence-corrected chi connectivity index (χ1v) is 6.13. The van der Waals surface area contributed by atoms with Gasteiger partial charge in [0.1, 0.15) is 5.75 Å². The van der Waals surface area contributed by atoms with Crippen LogP contribution in [0.2, 0.25) is 0 Å². The minimum atomic E-state index is 0.107. The lowest BCUT2D eigenvalue weighted by Crippen LogP contribution is -1.93. The lowest BCUT2D eigenvalue weighted by Gasteiger charge is -2.05. The summed E-state index contributed by atoms with van der Waals surface area (Å²) >= 11 is 0. The molecule has 2 rings (SSSR count). The highest BCUT2D eigenvalue weighted by Gasteiger charge is 1.98. The van der Waals surface area contributed by atoms with Crippen molar-refractivity contribution in [2.75, 3.05) is 7.11 Å². The summed E-state index contributed by atoms with van der Waals surface area (Å²) in [6, 6.07) is 16.3. The minimum absolute atomic E-state index is 0.107. The van der Waals surface area contributed by atoms with Gasteiger partial charge in [-0.1, -0.05) is 36.4 Å². The van der Waals surface area contributed by atoms with E-state index in [-0.39, 0.29) is 6.61 Å². The van der Waals surface area contributed by atoms with Gasteiger partial charge < -0.3 is 9.84 Å². The third kappa shape index (κ3) is 3.34. The molecule has 2 aromatic rings. The van der Waals surface area contributed by atoms with Crippen LogP contribution in [0.25, 0.3) is 0 Å². The highest BCUT2D eigenvalue weighted by Crippen LogP contribution is 2.15. The van der Waals surface area contributed by atoms with Crippen LogP contribution in [0.5, 0.6) is 5.75 Å². The van der Waals surface area contributed by atoms with Crippen LogP contribution in [0.15, 0.2) is 48.5 Å². The predicted octanol–water partition coefficient (Wildman–Crippen LogP) is 2.97. The van der Waals surface area contributed by atoms with E-state index in [9.17, 15) is 0 Å². The first-order valence-electron chi connectivity index (χ1n) is 6.13. The summed E-state index contributed by atoms with van der Waals surface area (Å²) < 4.78 is 5.21. The molecule has 0 aromatic heterocycles. The van der Waals surface area contributed by atoms with E-state index in [4.69, 9.17) is 9.84 Å². The molecule has 0 aliphatic rings. The summed E-state index contributed by atoms with van der Waals surface area (Å²) in [6.07, 6.45) is 1.99. The van der Waals surface area contributed by atoms with Gasteiger partial charge >= 0.3 is 0 Å². The second kappa shape index (κ2) is 6.22. The van der Waals surface area contributed by atoms with Gasteiger partial charge in [0.2, 0.25) is 0 Å². The van der Waals surface area contributed by atoms with Gasteiger partial charge in [-0.3, -0.25) is 0 Å². The Balaban J connectivity index is 1.97. The van der Waals surface area contributed by atoms with Crippen molar-refractivity contribution in [2.45, 2.75) is 19.4 Å². The van der Waals surface area contributed by atoms with Crippen molar-refractivity contribution < 1.29 is 9.84 Å². The summed E-state index contributed by atoms with van der Waals surface area (Å²) in [5.74, 6) is 0.906. The molecule has 0 radical (unpaired) electrons. The SMILES string of the molecule is COc1cccc(CCc2ccc(CO)cc2)c1. The Morgan fingerprint density at radius 3 is 2.22 bits per heavy atom. The van der Waals surface area contributed by atoms with Crippen LogP contribution in [0, 0.1) is 0 Å². The highest BCUT2D eigenvalue weighted by molar-refractivity contribution is 5.29. The van der Waals surface area contributed by atoms with E-state index in [1.165, 1.54) is 11.1 Å². The number of hydrogen-bond donors (Lipinski definition) is 1. The number of rotatable bonds is 5. The third-order valence-electron chi connectivity index (χ3n) is 3.04. The van der Waals surface area contributed by atoms with E-state index in [1.807, 2.05) is 24.3 Å². The zero-order chi connectivity index (χ0) is 12.8. The van der Waals surface area contributed by atoms with Crippen molar-refractivity contribution in [3.05, 3.63) is 65.2 Å². The highest BCUT2D eigenvalue weighted by atomic mass is 16.5. The van der Waals surface area contributed by atoms with Gasteiger partial charge in [-0.05, 0) is 41.7 Å². The average molecular weight is 242 g/mol. The first-order chi connectivity index (χ1) is 8.81. The Morgan fingerprint density at radius 1 is 0.889 bits per heavy atom. The molecule has 2 heteroatoms. The number of aliphatic hydroxyl groups is 1. The maximum absolute atomic E-state index is 8.98. The van der Waals surface area contributed by atoms with Gasteiger partial charge in [-0.25, -0.2) is 0 Å². The molecule has 0 amide bonds. The van der Waals surface area contributed by atoms with Gasteiger partial charge in [0, 0.05) is 0 Å². The quantitative estimate of drug-likeness (QED) is 0.873. The smallest absolute Gasteiger partial charge is 0.119 e. The van der Waals surface area contributed by atoms with E-state index < -0.39 is 0 Å². The molecular weight excluding hydrogens is 224 g/mol. The average Bonchev–Trinajstić information content (AvgIpc) is 2.46. The van der Waals surface area contributed by atoms with Crippen LogP contribution in [0.4, 0.5) is 0 Å². The maximum Gasteiger partial charge on any atom is 0.119 e. The number of ether oxygens (including phenoxy) is 1. The summed E-state index contributed by atoms with van der Waals surface area (Å²) in [6.45, 7) is 0.107. The number of benzene rings is 2. The monoisotopic (exact) mass is 242 g/mol. The van der Waals surface area contributed by atoms with Gasteiger partial charge in [0.25, 0.3) is 0 Å². The van der Waals surface area contributed by atoms with Gasteiger partial charge in [0.05, 0.1) is 13.7 Å². The van der Waals surface area contributed by atoms with Crippen molar-refractivity contribution in [2.24, 2.45) is 0 Å². The molecule has 94 valence electrons. The second-order valence-corrected chi connectivity index (χ2v) is 4.33. The molecule has 2 aromatic carbocycles. The van der Waals surface area contributed by atoms with Crippen LogP contribution < -0.4 is 4.74 Å². The van der Waals surface area contributed by atoms with Crippen LogP contribution in [-0.2, 0) is 19.4 Å². The molecule has 1 N–H and O–H groups in total. The van der Waals surface area contributed by atoms with Gasteiger partial charge in [-0.2, -0.15) is 0 Å². The van der Waals surface area contributed by atoms with Gasteiger partial charge in [-0.15, -0.1) is 0 Å². The zero-order valence-corrected chi connectivity index (χ0v) is 10.6. The van der Waals surface area contributed by atoms with Gasteiger partial charge in [0.15, 0.2) is 0 Å². The molecule has 2 nitrogen and oxygen atoms in total. The van der Waals surface area contributed by atoms with Crippen molar-refractivity contribution in [1.29, 1.82) is 0 Å². The molecule has 0 atom stereocenters. The summed E-state index contributed by atoms with van der Waals surface area (Å²) in [5, 5.41) is 8.98. The normalized spacial score (nSPS) is 10.3. The van der Waals surface area contributed by atoms with Crippen LogP contribution in [0.1, 0.15) is 16.7 Å². The number of aryl methyl sites for hydroxylation is 2. The molecule has 0 unspecified atom stereocenters. The Labute approximate surface area is 108 Å². The maximum atomic E-state index is 8.98. The van der Waals surface area contributed by atoms with Crippen LogP contribution in [0.3, 0.4) is 0 Å². The first kappa shape index (κ1) is 12.7. The number of methoxy groups -OCH3 is 1. The molecule has 0 bridgehead atoms. The molecule has 0 saturated heterocycles.